The van der Waals surface area contributed by atoms with Gasteiger partial charge in [0.1, 0.15) is 33.6 Å². The monoisotopic (exact) mass is 980 g/mol. The molecule has 6 atom stereocenters. The van der Waals surface area contributed by atoms with E-state index in [1.807, 2.05) is 41.5 Å². The molecule has 13 heterocycles. The third kappa shape index (κ3) is 9.40. The molecule has 0 saturated carbocycles. The lowest BCUT2D eigenvalue weighted by atomic mass is 10.0. The highest BCUT2D eigenvalue weighted by Crippen LogP contribution is 2.45. The average molecular weight is 982 g/mol. The van der Waals surface area contributed by atoms with Crippen molar-refractivity contribution in [1.82, 2.24) is 45.2 Å². The maximum Gasteiger partial charge on any atom is 0.224 e. The molecule has 6 saturated heterocycles. The smallest absolute Gasteiger partial charge is 0.224 e. The standard InChI is InChI=1S/C18H22N6O2.C14H18ClN3O2.C8H8Cl2N2O.C6H11NO/c1-18(2)14-13(9-26-18)16(24-11-3-4-12(24)8-25-7-11)23-15(22-14)10-5-20-17(19)21-6-10;1-14(2)11-10(7-20-14)12(17-13(15)16-11)18-8-3-4-9(18)6-19-5-8;1-8(2)5-4(3-13-8)6(9)12-7(10)11-5;1-2-6-4-8-3-5(1)7-6/h5-6,11-12H,3-4,7-9H2,1-2H3,(H2,19,20,21);8-9H,3-7H2,1-2H3;3H2,1-2H3;5-7H,1-4H2. The van der Waals surface area contributed by atoms with Crippen LogP contribution in [0.15, 0.2) is 12.4 Å². The van der Waals surface area contributed by atoms with Crippen LogP contribution in [0.5, 0.6) is 0 Å². The van der Waals surface area contributed by atoms with Crippen molar-refractivity contribution in [2.45, 2.75) is 153 Å². The predicted molar refractivity (Wildman–Crippen MR) is 251 cm³/mol. The molecule has 6 bridgehead atoms. The molecule has 9 aliphatic rings. The molecule has 21 heteroatoms. The number of fused-ring (bicyclic) bond motifs is 9. The van der Waals surface area contributed by atoms with Crippen molar-refractivity contribution in [3.05, 3.63) is 61.9 Å². The van der Waals surface area contributed by atoms with E-state index in [-0.39, 0.29) is 16.8 Å². The molecule has 13 rings (SSSR count). The van der Waals surface area contributed by atoms with Crippen LogP contribution in [-0.2, 0) is 65.0 Å². The summed E-state index contributed by atoms with van der Waals surface area (Å²) in [6.07, 6.45) is 10.6. The van der Waals surface area contributed by atoms with Gasteiger partial charge in [0.2, 0.25) is 16.5 Å². The number of halogens is 3. The lowest BCUT2D eigenvalue weighted by Gasteiger charge is -2.36. The zero-order valence-electron chi connectivity index (χ0n) is 38.9. The minimum Gasteiger partial charge on any atom is -0.378 e. The first-order valence-electron chi connectivity index (χ1n) is 23.3. The zero-order chi connectivity index (χ0) is 46.8. The normalized spacial score (nSPS) is 28.3. The van der Waals surface area contributed by atoms with Gasteiger partial charge in [-0.1, -0.05) is 11.6 Å². The number of ether oxygens (including phenoxy) is 6. The number of nitrogen functional groups attached to an aromatic ring is 1. The van der Waals surface area contributed by atoms with Gasteiger partial charge in [-0.15, -0.1) is 0 Å². The molecular formula is C46H59Cl3N12O6. The van der Waals surface area contributed by atoms with Gasteiger partial charge in [0.25, 0.3) is 0 Å². The molecule has 0 amide bonds. The highest BCUT2D eigenvalue weighted by Gasteiger charge is 2.45. The Hall–Kier alpha value is -3.69. The molecule has 4 aromatic heterocycles. The van der Waals surface area contributed by atoms with Crippen LogP contribution in [0.2, 0.25) is 15.7 Å². The van der Waals surface area contributed by atoms with Gasteiger partial charge in [-0.3, -0.25) is 0 Å². The predicted octanol–water partition coefficient (Wildman–Crippen LogP) is 6.60. The fourth-order valence-corrected chi connectivity index (χ4v) is 11.3. The van der Waals surface area contributed by atoms with Crippen LogP contribution in [0.25, 0.3) is 11.4 Å². The number of nitrogens with two attached hydrogens (primary N) is 1. The van der Waals surface area contributed by atoms with Gasteiger partial charge >= 0.3 is 0 Å². The molecule has 0 spiro atoms. The Morgan fingerprint density at radius 2 is 0.955 bits per heavy atom. The minimum atomic E-state index is -0.443. The Morgan fingerprint density at radius 3 is 1.45 bits per heavy atom. The number of anilines is 3. The second-order valence-corrected chi connectivity index (χ2v) is 21.0. The molecule has 3 N–H and O–H groups in total. The van der Waals surface area contributed by atoms with Crippen molar-refractivity contribution < 1.29 is 28.4 Å². The van der Waals surface area contributed by atoms with Gasteiger partial charge < -0.3 is 49.3 Å². The lowest BCUT2D eigenvalue weighted by molar-refractivity contribution is -0.0103. The number of hydrogen-bond acceptors (Lipinski definition) is 18. The van der Waals surface area contributed by atoms with Gasteiger partial charge in [-0.25, -0.2) is 39.9 Å². The van der Waals surface area contributed by atoms with E-state index in [1.165, 1.54) is 12.8 Å². The van der Waals surface area contributed by atoms with E-state index >= 15 is 0 Å². The van der Waals surface area contributed by atoms with Gasteiger partial charge in [0.05, 0.1) is 106 Å². The van der Waals surface area contributed by atoms with E-state index in [0.29, 0.717) is 72.3 Å². The van der Waals surface area contributed by atoms with E-state index in [1.54, 1.807) is 12.4 Å². The van der Waals surface area contributed by atoms with Crippen LogP contribution in [0.4, 0.5) is 17.6 Å². The van der Waals surface area contributed by atoms with Crippen LogP contribution in [0.3, 0.4) is 0 Å². The van der Waals surface area contributed by atoms with Gasteiger partial charge in [0.15, 0.2) is 5.82 Å². The second-order valence-electron chi connectivity index (χ2n) is 20.0. The number of nitrogens with one attached hydrogen (secondary N) is 1. The van der Waals surface area contributed by atoms with E-state index in [2.05, 4.69) is 45.0 Å². The van der Waals surface area contributed by atoms with Crippen LogP contribution in [0.1, 0.15) is 114 Å². The number of hydrogen-bond donors (Lipinski definition) is 2. The number of morpholine rings is 3. The van der Waals surface area contributed by atoms with E-state index in [4.69, 9.17) is 78.9 Å². The van der Waals surface area contributed by atoms with E-state index < -0.39 is 11.2 Å². The number of nitrogens with zero attached hydrogens (tertiary/aromatic N) is 10. The maximum atomic E-state index is 6.16. The quantitative estimate of drug-likeness (QED) is 0.164. The third-order valence-electron chi connectivity index (χ3n) is 14.2. The van der Waals surface area contributed by atoms with Gasteiger partial charge in [-0.2, -0.15) is 0 Å². The minimum absolute atomic E-state index is 0.169. The van der Waals surface area contributed by atoms with Crippen molar-refractivity contribution >= 4 is 52.4 Å². The van der Waals surface area contributed by atoms with Crippen LogP contribution in [-0.4, -0.2) is 116 Å². The molecule has 18 nitrogen and oxygen atoms in total. The summed E-state index contributed by atoms with van der Waals surface area (Å²) in [4.78, 5) is 39.6. The SMILES string of the molecule is C1CC2COCC1N2.CC1(C)OCc2c(Cl)nc(Cl)nc21.CC1(C)OCc2c(N3C4CCC3COC4)nc(-c3cnc(N)nc3)nc21.CC1(C)OCc2c(N3C4CCC3COC4)nc(Cl)nc21. The first kappa shape index (κ1) is 47.0. The summed E-state index contributed by atoms with van der Waals surface area (Å²) in [5, 5.41) is 4.33. The van der Waals surface area contributed by atoms with Gasteiger partial charge in [0, 0.05) is 41.2 Å². The topological polar surface area (TPSA) is 203 Å². The highest BCUT2D eigenvalue weighted by atomic mass is 35.5. The summed E-state index contributed by atoms with van der Waals surface area (Å²) in [6.45, 7) is 18.5. The Kier molecular flexibility index (Phi) is 13.0. The van der Waals surface area contributed by atoms with Gasteiger partial charge in [-0.05, 0) is 103 Å². The molecule has 6 fully saturated rings. The first-order valence-corrected chi connectivity index (χ1v) is 24.4. The van der Waals surface area contributed by atoms with Crippen molar-refractivity contribution in [1.29, 1.82) is 0 Å². The number of aromatic nitrogens is 8. The molecule has 0 aliphatic carbocycles. The summed E-state index contributed by atoms with van der Waals surface area (Å²) in [7, 11) is 0. The highest BCUT2D eigenvalue weighted by molar-refractivity contribution is 6.32. The lowest BCUT2D eigenvalue weighted by Crippen LogP contribution is -2.47. The Balaban J connectivity index is 0.000000113. The maximum absolute atomic E-state index is 6.16. The molecule has 0 radical (unpaired) electrons. The van der Waals surface area contributed by atoms with E-state index in [9.17, 15) is 0 Å². The molecule has 6 unspecified atom stereocenters. The van der Waals surface area contributed by atoms with Crippen molar-refractivity contribution in [3.8, 4) is 11.4 Å². The Labute approximate surface area is 405 Å². The third-order valence-corrected chi connectivity index (χ3v) is 14.8. The van der Waals surface area contributed by atoms with Crippen molar-refractivity contribution in [2.24, 2.45) is 0 Å². The summed E-state index contributed by atoms with van der Waals surface area (Å²) < 4.78 is 34.1. The van der Waals surface area contributed by atoms with Crippen molar-refractivity contribution in [3.63, 3.8) is 0 Å². The van der Waals surface area contributed by atoms with Crippen LogP contribution in [0, 0.1) is 0 Å². The fraction of sp³-hybridized carbons (Fsp3) is 0.652. The summed E-state index contributed by atoms with van der Waals surface area (Å²) in [5.74, 6) is 2.79. The first-order chi connectivity index (χ1) is 32.0. The molecule has 4 aromatic rings. The Morgan fingerprint density at radius 1 is 0.537 bits per heavy atom. The molecular weight excluding hydrogens is 923 g/mol. The summed E-state index contributed by atoms with van der Waals surface area (Å²) >= 11 is 17.7. The largest absolute Gasteiger partial charge is 0.378 e. The molecule has 0 aromatic carbocycles. The van der Waals surface area contributed by atoms with E-state index in [0.717, 1.165) is 116 Å². The second kappa shape index (κ2) is 18.6. The molecule has 9 aliphatic heterocycles. The molecule has 67 heavy (non-hydrogen) atoms. The fourth-order valence-electron chi connectivity index (χ4n) is 10.7. The van der Waals surface area contributed by atoms with Crippen LogP contribution < -0.4 is 20.9 Å². The summed E-state index contributed by atoms with van der Waals surface area (Å²) in [6, 6.07) is 2.93. The Bertz CT molecular complexity index is 2440. The molecule has 360 valence electrons. The van der Waals surface area contributed by atoms with Crippen molar-refractivity contribution in [2.75, 3.05) is 55.2 Å². The zero-order valence-corrected chi connectivity index (χ0v) is 41.1. The summed E-state index contributed by atoms with van der Waals surface area (Å²) in [5.41, 5.74) is 10.8. The van der Waals surface area contributed by atoms with Crippen LogP contribution >= 0.6 is 34.8 Å². The number of rotatable bonds is 3. The average Bonchev–Trinajstić information content (AvgIpc) is 4.10.